The largest absolute Gasteiger partial charge is 0.504 e. The van der Waals surface area contributed by atoms with Crippen LogP contribution in [0.3, 0.4) is 0 Å². The standard InChI is InChI=1S/C28H30N2O6S/c1-5-14-36-21-11-9-8-10-19(21)25-24(27(33)35-7-3)17(4)29-28-30(25)26(32)23(37-28)16-18-12-13-20(31)22(15-18)34-6-2/h8-13,15-16,25,31H,5-7,14H2,1-4H3/t25-/m1/s1. The van der Waals surface area contributed by atoms with E-state index >= 15 is 0 Å². The van der Waals surface area contributed by atoms with Crippen LogP contribution in [0.5, 0.6) is 17.2 Å². The maximum atomic E-state index is 13.8. The molecule has 1 aliphatic heterocycles. The number of carbonyl (C=O) groups excluding carboxylic acids is 1. The third-order valence-corrected chi connectivity index (χ3v) is 6.76. The molecule has 1 aromatic heterocycles. The first kappa shape index (κ1) is 26.2. The van der Waals surface area contributed by atoms with E-state index in [2.05, 4.69) is 4.99 Å². The average molecular weight is 523 g/mol. The molecule has 0 spiro atoms. The van der Waals surface area contributed by atoms with Gasteiger partial charge in [0, 0.05) is 5.56 Å². The summed E-state index contributed by atoms with van der Waals surface area (Å²) in [7, 11) is 0. The maximum absolute atomic E-state index is 13.8. The van der Waals surface area contributed by atoms with Crippen LogP contribution in [-0.4, -0.2) is 35.5 Å². The molecule has 1 atom stereocenters. The summed E-state index contributed by atoms with van der Waals surface area (Å²) in [4.78, 5) is 32.0. The van der Waals surface area contributed by atoms with Crippen molar-refractivity contribution in [3.8, 4) is 17.2 Å². The number of benzene rings is 2. The highest BCUT2D eigenvalue weighted by atomic mass is 32.1. The van der Waals surface area contributed by atoms with Crippen LogP contribution in [0.2, 0.25) is 0 Å². The molecule has 8 nitrogen and oxygen atoms in total. The van der Waals surface area contributed by atoms with Gasteiger partial charge in [-0.3, -0.25) is 9.36 Å². The van der Waals surface area contributed by atoms with Crippen LogP contribution < -0.4 is 24.4 Å². The zero-order chi connectivity index (χ0) is 26.5. The van der Waals surface area contributed by atoms with E-state index in [9.17, 15) is 14.7 Å². The Morgan fingerprint density at radius 3 is 2.62 bits per heavy atom. The second-order valence-electron chi connectivity index (χ2n) is 8.35. The van der Waals surface area contributed by atoms with Gasteiger partial charge in [-0.05, 0) is 57.0 Å². The number of aromatic hydroxyl groups is 1. The van der Waals surface area contributed by atoms with Gasteiger partial charge in [0.1, 0.15) is 11.8 Å². The Bertz CT molecular complexity index is 1520. The second-order valence-corrected chi connectivity index (χ2v) is 9.36. The number of ether oxygens (including phenoxy) is 3. The number of fused-ring (bicyclic) bond motifs is 1. The molecule has 1 aliphatic rings. The number of phenolic OH excluding ortho intramolecular Hbond substituents is 1. The van der Waals surface area contributed by atoms with E-state index < -0.39 is 12.0 Å². The predicted molar refractivity (Wildman–Crippen MR) is 142 cm³/mol. The second kappa shape index (κ2) is 11.5. The summed E-state index contributed by atoms with van der Waals surface area (Å²) in [5.41, 5.74) is 1.88. The Morgan fingerprint density at radius 1 is 1.11 bits per heavy atom. The molecule has 4 rings (SSSR count). The number of phenols is 1. The zero-order valence-electron chi connectivity index (χ0n) is 21.3. The summed E-state index contributed by atoms with van der Waals surface area (Å²) < 4.78 is 18.8. The molecule has 194 valence electrons. The fraction of sp³-hybridized carbons (Fsp3) is 0.321. The van der Waals surface area contributed by atoms with Gasteiger partial charge in [-0.25, -0.2) is 9.79 Å². The van der Waals surface area contributed by atoms with Gasteiger partial charge < -0.3 is 19.3 Å². The van der Waals surface area contributed by atoms with Crippen LogP contribution in [0.4, 0.5) is 0 Å². The minimum Gasteiger partial charge on any atom is -0.504 e. The van der Waals surface area contributed by atoms with Gasteiger partial charge in [0.15, 0.2) is 16.3 Å². The molecule has 2 heterocycles. The molecule has 0 saturated heterocycles. The highest BCUT2D eigenvalue weighted by Crippen LogP contribution is 2.36. The van der Waals surface area contributed by atoms with E-state index in [1.807, 2.05) is 38.1 Å². The lowest BCUT2D eigenvalue weighted by Gasteiger charge is -2.26. The van der Waals surface area contributed by atoms with E-state index in [0.29, 0.717) is 56.4 Å². The van der Waals surface area contributed by atoms with Crippen molar-refractivity contribution in [2.45, 2.75) is 40.2 Å². The molecule has 0 radical (unpaired) electrons. The summed E-state index contributed by atoms with van der Waals surface area (Å²) >= 11 is 1.23. The van der Waals surface area contributed by atoms with Crippen molar-refractivity contribution in [2.24, 2.45) is 4.99 Å². The van der Waals surface area contributed by atoms with Gasteiger partial charge in [0.2, 0.25) is 0 Å². The number of hydrogen-bond donors (Lipinski definition) is 1. The monoisotopic (exact) mass is 522 g/mol. The van der Waals surface area contributed by atoms with Gasteiger partial charge in [-0.2, -0.15) is 0 Å². The summed E-state index contributed by atoms with van der Waals surface area (Å²) in [6, 6.07) is 11.6. The molecule has 0 aliphatic carbocycles. The third kappa shape index (κ3) is 5.32. The highest BCUT2D eigenvalue weighted by Gasteiger charge is 2.35. The molecular weight excluding hydrogens is 492 g/mol. The predicted octanol–water partition coefficient (Wildman–Crippen LogP) is 3.69. The van der Waals surface area contributed by atoms with Crippen LogP contribution in [0.25, 0.3) is 6.08 Å². The Morgan fingerprint density at radius 2 is 1.89 bits per heavy atom. The Labute approximate surface area is 218 Å². The smallest absolute Gasteiger partial charge is 0.338 e. The van der Waals surface area contributed by atoms with Crippen molar-refractivity contribution in [1.29, 1.82) is 0 Å². The number of esters is 1. The lowest BCUT2D eigenvalue weighted by Crippen LogP contribution is -2.40. The van der Waals surface area contributed by atoms with Crippen molar-refractivity contribution in [1.82, 2.24) is 4.57 Å². The summed E-state index contributed by atoms with van der Waals surface area (Å²) in [5.74, 6) is 0.441. The molecule has 0 unspecified atom stereocenters. The molecule has 1 N–H and O–H groups in total. The number of para-hydroxylation sites is 1. The first-order valence-electron chi connectivity index (χ1n) is 12.3. The Balaban J connectivity index is 1.93. The number of nitrogens with zero attached hydrogens (tertiary/aromatic N) is 2. The van der Waals surface area contributed by atoms with Crippen LogP contribution in [-0.2, 0) is 9.53 Å². The van der Waals surface area contributed by atoms with E-state index in [1.165, 1.54) is 22.0 Å². The highest BCUT2D eigenvalue weighted by molar-refractivity contribution is 7.07. The van der Waals surface area contributed by atoms with E-state index in [1.54, 1.807) is 32.1 Å². The quantitative estimate of drug-likeness (QED) is 0.431. The Hall–Kier alpha value is -3.85. The summed E-state index contributed by atoms with van der Waals surface area (Å²) in [6.45, 7) is 8.43. The van der Waals surface area contributed by atoms with Gasteiger partial charge in [-0.1, -0.05) is 42.5 Å². The number of rotatable bonds is 9. The van der Waals surface area contributed by atoms with Gasteiger partial charge in [0.25, 0.3) is 5.56 Å². The SMILES string of the molecule is CCCOc1ccccc1[C@@H]1C(C(=O)OCC)=C(C)N=c2sc(=Cc3ccc(O)c(OCC)c3)c(=O)n21. The molecular formula is C28H30N2O6S. The number of allylic oxidation sites excluding steroid dienone is 1. The van der Waals surface area contributed by atoms with Gasteiger partial charge in [0.05, 0.1) is 35.6 Å². The molecule has 0 saturated carbocycles. The zero-order valence-corrected chi connectivity index (χ0v) is 22.1. The minimum absolute atomic E-state index is 0.0267. The lowest BCUT2D eigenvalue weighted by atomic mass is 9.95. The molecule has 37 heavy (non-hydrogen) atoms. The van der Waals surface area contributed by atoms with Crippen LogP contribution in [0, 0.1) is 0 Å². The number of thiazole rings is 1. The lowest BCUT2D eigenvalue weighted by molar-refractivity contribution is -0.139. The fourth-order valence-corrected chi connectivity index (χ4v) is 5.23. The number of aromatic nitrogens is 1. The molecule has 0 fully saturated rings. The first-order valence-corrected chi connectivity index (χ1v) is 13.1. The maximum Gasteiger partial charge on any atom is 0.338 e. The molecule has 0 amide bonds. The molecule has 2 aromatic carbocycles. The number of carbonyl (C=O) groups is 1. The Kier molecular flexibility index (Phi) is 8.13. The van der Waals surface area contributed by atoms with Crippen molar-refractivity contribution in [3.05, 3.63) is 84.5 Å². The number of hydrogen-bond acceptors (Lipinski definition) is 8. The van der Waals surface area contributed by atoms with E-state index in [0.717, 1.165) is 6.42 Å². The van der Waals surface area contributed by atoms with Gasteiger partial charge in [-0.15, -0.1) is 0 Å². The summed E-state index contributed by atoms with van der Waals surface area (Å²) in [5, 5.41) is 10.0. The van der Waals surface area contributed by atoms with Crippen molar-refractivity contribution >= 4 is 23.4 Å². The molecule has 0 bridgehead atoms. The van der Waals surface area contributed by atoms with E-state index in [-0.39, 0.29) is 17.9 Å². The topological polar surface area (TPSA) is 99.4 Å². The first-order chi connectivity index (χ1) is 17.9. The minimum atomic E-state index is -0.760. The van der Waals surface area contributed by atoms with Crippen molar-refractivity contribution in [3.63, 3.8) is 0 Å². The van der Waals surface area contributed by atoms with Crippen LogP contribution in [0.1, 0.15) is 51.3 Å². The van der Waals surface area contributed by atoms with Crippen molar-refractivity contribution < 1.29 is 24.1 Å². The fourth-order valence-electron chi connectivity index (χ4n) is 4.18. The van der Waals surface area contributed by atoms with Gasteiger partial charge >= 0.3 is 5.97 Å². The summed E-state index contributed by atoms with van der Waals surface area (Å²) in [6.07, 6.45) is 2.54. The van der Waals surface area contributed by atoms with Crippen LogP contribution >= 0.6 is 11.3 Å². The molecule has 9 heteroatoms. The molecule has 3 aromatic rings. The third-order valence-electron chi connectivity index (χ3n) is 5.77. The van der Waals surface area contributed by atoms with E-state index in [4.69, 9.17) is 14.2 Å². The average Bonchev–Trinajstić information content (AvgIpc) is 3.18. The van der Waals surface area contributed by atoms with Crippen LogP contribution in [0.15, 0.2) is 63.5 Å². The van der Waals surface area contributed by atoms with Crippen molar-refractivity contribution in [2.75, 3.05) is 19.8 Å². The normalized spacial score (nSPS) is 15.2.